The van der Waals surface area contributed by atoms with Crippen molar-refractivity contribution in [3.63, 3.8) is 0 Å². The number of non-ortho nitro benzene ring substituents is 1. The van der Waals surface area contributed by atoms with Gasteiger partial charge in [0.15, 0.2) is 0 Å². The minimum absolute atomic E-state index is 0.136. The van der Waals surface area contributed by atoms with Crippen molar-refractivity contribution in [3.05, 3.63) is 34.1 Å². The third-order valence-corrected chi connectivity index (χ3v) is 8.25. The zero-order chi connectivity index (χ0) is 20.9. The predicted molar refractivity (Wildman–Crippen MR) is 118 cm³/mol. The highest BCUT2D eigenvalue weighted by Gasteiger charge is 2.51. The predicted octanol–water partition coefficient (Wildman–Crippen LogP) is 5.05. The van der Waals surface area contributed by atoms with Crippen LogP contribution in [0.1, 0.15) is 58.2 Å². The quantitative estimate of drug-likeness (QED) is 0.451. The second-order valence-corrected chi connectivity index (χ2v) is 10.2. The summed E-state index contributed by atoms with van der Waals surface area (Å²) in [6, 6.07) is 5.20. The molecule has 4 aliphatic rings. The molecule has 4 fully saturated rings. The molecule has 0 spiro atoms. The Kier molecular flexibility index (Phi) is 5.08. The number of benzene rings is 1. The molecule has 1 heterocycles. The summed E-state index contributed by atoms with van der Waals surface area (Å²) < 4.78 is 2.37. The van der Waals surface area contributed by atoms with Crippen LogP contribution in [0.15, 0.2) is 18.2 Å². The van der Waals surface area contributed by atoms with Crippen LogP contribution in [0, 0.1) is 33.3 Å². The number of imidazole rings is 1. The molecule has 4 bridgehead atoms. The average molecular weight is 411 g/mol. The maximum absolute atomic E-state index is 11.3. The monoisotopic (exact) mass is 410 g/mol. The maximum atomic E-state index is 11.3. The van der Waals surface area contributed by atoms with Crippen LogP contribution in [0.3, 0.4) is 0 Å². The number of nitrogens with zero attached hydrogens (tertiary/aromatic N) is 4. The highest BCUT2D eigenvalue weighted by atomic mass is 16.6. The number of nitro benzene ring substituents is 1. The van der Waals surface area contributed by atoms with E-state index in [1.165, 1.54) is 38.5 Å². The average Bonchev–Trinajstić information content (AvgIpc) is 3.03. The van der Waals surface area contributed by atoms with E-state index in [4.69, 9.17) is 4.98 Å². The lowest BCUT2D eigenvalue weighted by Crippen LogP contribution is -2.47. The largest absolute Gasteiger partial charge is 0.327 e. The normalized spacial score (nSPS) is 29.9. The first-order chi connectivity index (χ1) is 14.5. The minimum Gasteiger partial charge on any atom is -0.327 e. The van der Waals surface area contributed by atoms with Gasteiger partial charge in [-0.2, -0.15) is 0 Å². The summed E-state index contributed by atoms with van der Waals surface area (Å²) in [5.74, 6) is 3.92. The number of aromatic nitrogens is 2. The van der Waals surface area contributed by atoms with E-state index in [-0.39, 0.29) is 10.6 Å². The molecule has 6 nitrogen and oxygen atoms in total. The van der Waals surface area contributed by atoms with Gasteiger partial charge in [0.25, 0.3) is 5.69 Å². The Hall–Kier alpha value is -1.95. The van der Waals surface area contributed by atoms with E-state index in [9.17, 15) is 10.1 Å². The topological polar surface area (TPSA) is 64.2 Å². The Balaban J connectivity index is 1.49. The Bertz CT molecular complexity index is 911. The zero-order valence-corrected chi connectivity index (χ0v) is 18.3. The van der Waals surface area contributed by atoms with Crippen molar-refractivity contribution >= 4 is 16.7 Å². The molecule has 0 saturated heterocycles. The molecule has 4 aliphatic carbocycles. The molecule has 0 atom stereocenters. The van der Waals surface area contributed by atoms with Crippen LogP contribution in [0.4, 0.5) is 5.69 Å². The summed E-state index contributed by atoms with van der Waals surface area (Å²) in [5, 5.41) is 11.3. The summed E-state index contributed by atoms with van der Waals surface area (Å²) in [5.41, 5.74) is 2.38. The number of fused-ring (bicyclic) bond motifs is 1. The van der Waals surface area contributed by atoms with Crippen molar-refractivity contribution in [1.29, 1.82) is 0 Å². The van der Waals surface area contributed by atoms with Crippen molar-refractivity contribution in [1.82, 2.24) is 14.5 Å². The molecule has 0 aliphatic heterocycles. The molecule has 6 heteroatoms. The van der Waals surface area contributed by atoms with Gasteiger partial charge in [0.1, 0.15) is 5.82 Å². The van der Waals surface area contributed by atoms with Crippen LogP contribution in [0.5, 0.6) is 0 Å². The molecule has 162 valence electrons. The number of hydrogen-bond acceptors (Lipinski definition) is 4. The highest BCUT2D eigenvalue weighted by Crippen LogP contribution is 2.61. The number of nitro groups is 1. The number of rotatable bonds is 8. The van der Waals surface area contributed by atoms with Gasteiger partial charge in [0, 0.05) is 31.6 Å². The van der Waals surface area contributed by atoms with Crippen LogP contribution in [-0.2, 0) is 13.0 Å². The van der Waals surface area contributed by atoms with Crippen molar-refractivity contribution in [2.24, 2.45) is 23.2 Å². The first kappa shape index (κ1) is 20.0. The van der Waals surface area contributed by atoms with Crippen molar-refractivity contribution in [2.75, 3.05) is 19.6 Å². The standard InChI is InChI=1S/C24H34N4O2/c1-3-26(4-2)7-8-27-22-6-5-20(28(29)30)12-21(22)25-23(27)16-24-13-17-9-18(14-24)11-19(10-17)15-24/h5-6,12,17-19H,3-4,7-11,13-16H2,1-2H3. The highest BCUT2D eigenvalue weighted by molar-refractivity contribution is 5.78. The van der Waals surface area contributed by atoms with E-state index >= 15 is 0 Å². The van der Waals surface area contributed by atoms with Gasteiger partial charge >= 0.3 is 0 Å². The van der Waals surface area contributed by atoms with Gasteiger partial charge in [-0.05, 0) is 80.8 Å². The molecule has 6 rings (SSSR count). The van der Waals surface area contributed by atoms with Crippen LogP contribution in [0.25, 0.3) is 11.0 Å². The Labute approximate surface area is 178 Å². The molecule has 1 aromatic heterocycles. The molecule has 0 unspecified atom stereocenters. The van der Waals surface area contributed by atoms with Crippen molar-refractivity contribution in [3.8, 4) is 0 Å². The van der Waals surface area contributed by atoms with Gasteiger partial charge in [-0.25, -0.2) is 4.98 Å². The lowest BCUT2D eigenvalue weighted by molar-refractivity contribution is -0.384. The maximum Gasteiger partial charge on any atom is 0.271 e. The van der Waals surface area contributed by atoms with Gasteiger partial charge in [0.2, 0.25) is 0 Å². The summed E-state index contributed by atoms with van der Waals surface area (Å²) in [7, 11) is 0. The molecule has 30 heavy (non-hydrogen) atoms. The second-order valence-electron chi connectivity index (χ2n) is 10.2. The third kappa shape index (κ3) is 3.53. The summed E-state index contributed by atoms with van der Waals surface area (Å²) in [4.78, 5) is 18.4. The molecule has 4 saturated carbocycles. The van der Waals surface area contributed by atoms with E-state index in [2.05, 4.69) is 23.3 Å². The van der Waals surface area contributed by atoms with Gasteiger partial charge < -0.3 is 9.47 Å². The first-order valence-corrected chi connectivity index (χ1v) is 11.8. The van der Waals surface area contributed by atoms with E-state index in [1.807, 2.05) is 6.07 Å². The molecule has 0 N–H and O–H groups in total. The van der Waals surface area contributed by atoms with E-state index in [0.29, 0.717) is 5.41 Å². The van der Waals surface area contributed by atoms with Gasteiger partial charge in [-0.1, -0.05) is 13.8 Å². The fourth-order valence-corrected chi connectivity index (χ4v) is 7.29. The molecule has 2 aromatic rings. The number of likely N-dealkylation sites (N-methyl/N-ethyl adjacent to an activating group) is 1. The Morgan fingerprint density at radius 1 is 1.13 bits per heavy atom. The second kappa shape index (κ2) is 7.63. The molecular weight excluding hydrogens is 376 g/mol. The van der Waals surface area contributed by atoms with Crippen LogP contribution >= 0.6 is 0 Å². The fourth-order valence-electron chi connectivity index (χ4n) is 7.29. The minimum atomic E-state index is -0.312. The van der Waals surface area contributed by atoms with Crippen LogP contribution in [-0.4, -0.2) is 39.0 Å². The summed E-state index contributed by atoms with van der Waals surface area (Å²) >= 11 is 0. The van der Waals surface area contributed by atoms with Gasteiger partial charge in [0.05, 0.1) is 16.0 Å². The Morgan fingerprint density at radius 2 is 1.77 bits per heavy atom. The van der Waals surface area contributed by atoms with E-state index in [1.54, 1.807) is 12.1 Å². The lowest BCUT2D eigenvalue weighted by atomic mass is 9.49. The summed E-state index contributed by atoms with van der Waals surface area (Å²) in [6.07, 6.45) is 9.46. The first-order valence-electron chi connectivity index (χ1n) is 11.8. The van der Waals surface area contributed by atoms with Crippen LogP contribution in [0.2, 0.25) is 0 Å². The lowest BCUT2D eigenvalue weighted by Gasteiger charge is -2.56. The molecule has 0 radical (unpaired) electrons. The smallest absolute Gasteiger partial charge is 0.271 e. The van der Waals surface area contributed by atoms with E-state index < -0.39 is 0 Å². The molecule has 1 aromatic carbocycles. The zero-order valence-electron chi connectivity index (χ0n) is 18.3. The van der Waals surface area contributed by atoms with Gasteiger partial charge in [-0.3, -0.25) is 10.1 Å². The third-order valence-electron chi connectivity index (χ3n) is 8.25. The Morgan fingerprint density at radius 3 is 2.33 bits per heavy atom. The summed E-state index contributed by atoms with van der Waals surface area (Å²) in [6.45, 7) is 8.38. The van der Waals surface area contributed by atoms with Gasteiger partial charge in [-0.15, -0.1) is 0 Å². The SMILES string of the molecule is CCN(CC)CCn1c(CC23CC4CC(CC(C4)C2)C3)nc2cc([N+](=O)[O-])ccc21. The number of hydrogen-bond donors (Lipinski definition) is 0. The van der Waals surface area contributed by atoms with Crippen molar-refractivity contribution < 1.29 is 4.92 Å². The fraction of sp³-hybridized carbons (Fsp3) is 0.708. The molecular formula is C24H34N4O2. The molecule has 0 amide bonds. The van der Waals surface area contributed by atoms with E-state index in [0.717, 1.165) is 67.2 Å². The van der Waals surface area contributed by atoms with Crippen LogP contribution < -0.4 is 0 Å². The van der Waals surface area contributed by atoms with Crippen molar-refractivity contribution in [2.45, 2.75) is 65.3 Å².